The molecule has 3 aromatic carbocycles. The van der Waals surface area contributed by atoms with Gasteiger partial charge in [-0.25, -0.2) is 4.39 Å². The first-order chi connectivity index (χ1) is 17.1. The molecule has 1 saturated carbocycles. The normalized spacial score (nSPS) is 21.5. The van der Waals surface area contributed by atoms with Crippen LogP contribution in [0.2, 0.25) is 5.02 Å². The predicted molar refractivity (Wildman–Crippen MR) is 141 cm³/mol. The number of likely N-dealkylation sites (tertiary alicyclic amines) is 1. The fourth-order valence-electron chi connectivity index (χ4n) is 5.97. The van der Waals surface area contributed by atoms with Crippen molar-refractivity contribution >= 4 is 23.2 Å². The number of hydrogen-bond donors (Lipinski definition) is 0. The molecule has 0 bridgehead atoms. The van der Waals surface area contributed by atoms with Crippen LogP contribution in [-0.4, -0.2) is 36.0 Å². The highest BCUT2D eigenvalue weighted by molar-refractivity contribution is 6.34. The van der Waals surface area contributed by atoms with Crippen LogP contribution in [0, 0.1) is 5.82 Å². The zero-order valence-electron chi connectivity index (χ0n) is 20.0. The predicted octanol–water partition coefficient (Wildman–Crippen LogP) is 7.32. The van der Waals surface area contributed by atoms with Gasteiger partial charge in [0.15, 0.2) is 0 Å². The lowest BCUT2D eigenvalue weighted by Gasteiger charge is -2.45. The average Bonchev–Trinajstić information content (AvgIpc) is 2.91. The lowest BCUT2D eigenvalue weighted by atomic mass is 9.78. The number of anilines is 1. The highest BCUT2D eigenvalue weighted by Crippen LogP contribution is 2.38. The summed E-state index contributed by atoms with van der Waals surface area (Å²) in [5.74, 6) is 0.137. The first kappa shape index (κ1) is 24.0. The number of amides is 1. The molecule has 3 nitrogen and oxygen atoms in total. The second kappa shape index (κ2) is 10.9. The summed E-state index contributed by atoms with van der Waals surface area (Å²) >= 11 is 6.40. The fraction of sp³-hybridized carbons (Fsp3) is 0.367. The van der Waals surface area contributed by atoms with Crippen molar-refractivity contribution in [1.29, 1.82) is 0 Å². The van der Waals surface area contributed by atoms with Crippen LogP contribution in [0.15, 0.2) is 78.9 Å². The van der Waals surface area contributed by atoms with E-state index in [1.54, 1.807) is 24.3 Å². The van der Waals surface area contributed by atoms with E-state index in [9.17, 15) is 9.18 Å². The highest BCUT2D eigenvalue weighted by Gasteiger charge is 2.36. The van der Waals surface area contributed by atoms with Crippen LogP contribution in [0.5, 0.6) is 0 Å². The quantitative estimate of drug-likeness (QED) is 0.374. The van der Waals surface area contributed by atoms with Crippen molar-refractivity contribution < 1.29 is 9.18 Å². The third-order valence-electron chi connectivity index (χ3n) is 7.72. The van der Waals surface area contributed by atoms with Gasteiger partial charge in [-0.1, -0.05) is 66.9 Å². The molecule has 1 amide bonds. The molecule has 1 heterocycles. The van der Waals surface area contributed by atoms with Gasteiger partial charge in [0.2, 0.25) is 0 Å². The van der Waals surface area contributed by atoms with Crippen molar-refractivity contribution in [2.75, 3.05) is 18.0 Å². The fourth-order valence-corrected chi connectivity index (χ4v) is 6.19. The van der Waals surface area contributed by atoms with Crippen LogP contribution >= 0.6 is 11.6 Å². The van der Waals surface area contributed by atoms with Crippen molar-refractivity contribution in [1.82, 2.24) is 4.90 Å². The second-order valence-corrected chi connectivity index (χ2v) is 10.2. The number of nitrogens with zero attached hydrogens (tertiary/aromatic N) is 2. The van der Waals surface area contributed by atoms with Crippen LogP contribution in [0.3, 0.4) is 0 Å². The standard InChI is InChI=1S/C30H32ClFN2O/c31-28-12-6-4-11-27(28)30(35)34(24-16-14-23(32)15-17-24)25-18-20-33(21-19-25)29-13-7-5-10-26(29)22-8-2-1-3-9-22/h1-4,6,8-9,11-12,14-17,25-26,29H,5,7,10,13,18-21H2/t26-,29-/m1/s1. The van der Waals surface area contributed by atoms with E-state index in [1.807, 2.05) is 17.0 Å². The number of rotatable bonds is 5. The zero-order chi connectivity index (χ0) is 24.2. The van der Waals surface area contributed by atoms with Gasteiger partial charge in [-0.2, -0.15) is 0 Å². The average molecular weight is 491 g/mol. The van der Waals surface area contributed by atoms with E-state index in [-0.39, 0.29) is 17.8 Å². The molecule has 1 aliphatic heterocycles. The Kier molecular flexibility index (Phi) is 7.50. The molecule has 3 aromatic rings. The first-order valence-electron chi connectivity index (χ1n) is 12.7. The van der Waals surface area contributed by atoms with E-state index in [1.165, 1.54) is 43.4 Å². The van der Waals surface area contributed by atoms with Gasteiger partial charge in [-0.05, 0) is 73.6 Å². The van der Waals surface area contributed by atoms with E-state index in [0.29, 0.717) is 22.5 Å². The lowest BCUT2D eigenvalue weighted by Crippen LogP contribution is -2.51. The molecule has 2 fully saturated rings. The largest absolute Gasteiger partial charge is 0.305 e. The summed E-state index contributed by atoms with van der Waals surface area (Å²) in [6.07, 6.45) is 6.79. The summed E-state index contributed by atoms with van der Waals surface area (Å²) < 4.78 is 13.7. The molecule has 35 heavy (non-hydrogen) atoms. The molecule has 5 heteroatoms. The third-order valence-corrected chi connectivity index (χ3v) is 8.05. The Hall–Kier alpha value is -2.69. The van der Waals surface area contributed by atoms with E-state index in [0.717, 1.165) is 31.6 Å². The molecule has 1 aliphatic carbocycles. The molecule has 2 aliphatic rings. The minimum absolute atomic E-state index is 0.0410. The molecule has 0 spiro atoms. The van der Waals surface area contributed by atoms with Gasteiger partial charge in [0.25, 0.3) is 5.91 Å². The molecule has 0 radical (unpaired) electrons. The van der Waals surface area contributed by atoms with E-state index < -0.39 is 0 Å². The number of halogens is 2. The van der Waals surface area contributed by atoms with Crippen molar-refractivity contribution in [2.24, 2.45) is 0 Å². The Balaban J connectivity index is 1.36. The van der Waals surface area contributed by atoms with E-state index >= 15 is 0 Å². The van der Waals surface area contributed by atoms with Crippen LogP contribution in [0.1, 0.15) is 60.4 Å². The second-order valence-electron chi connectivity index (χ2n) is 9.77. The molecular weight excluding hydrogens is 459 g/mol. The van der Waals surface area contributed by atoms with Crippen LogP contribution in [-0.2, 0) is 0 Å². The maximum Gasteiger partial charge on any atom is 0.260 e. The first-order valence-corrected chi connectivity index (χ1v) is 13.1. The summed E-state index contributed by atoms with van der Waals surface area (Å²) in [6.45, 7) is 1.90. The molecule has 0 aromatic heterocycles. The molecule has 0 N–H and O–H groups in total. The molecule has 1 saturated heterocycles. The lowest BCUT2D eigenvalue weighted by molar-refractivity contribution is 0.0895. The number of benzene rings is 3. The zero-order valence-corrected chi connectivity index (χ0v) is 20.7. The minimum Gasteiger partial charge on any atom is -0.305 e. The SMILES string of the molecule is O=C(c1ccccc1Cl)N(c1ccc(F)cc1)C1CCN([C@@H]2CCCC[C@@H]2c2ccccc2)CC1. The minimum atomic E-state index is -0.307. The van der Waals surface area contributed by atoms with Gasteiger partial charge < -0.3 is 4.90 Å². The number of piperidine rings is 1. The monoisotopic (exact) mass is 490 g/mol. The van der Waals surface area contributed by atoms with E-state index in [2.05, 4.69) is 35.2 Å². The van der Waals surface area contributed by atoms with E-state index in [4.69, 9.17) is 11.6 Å². The topological polar surface area (TPSA) is 23.6 Å². The van der Waals surface area contributed by atoms with Gasteiger partial charge in [0.1, 0.15) is 5.82 Å². The van der Waals surface area contributed by atoms with Gasteiger partial charge >= 0.3 is 0 Å². The molecule has 182 valence electrons. The van der Waals surface area contributed by atoms with Crippen molar-refractivity contribution in [2.45, 2.75) is 56.5 Å². The number of hydrogen-bond acceptors (Lipinski definition) is 2. The van der Waals surface area contributed by atoms with Crippen molar-refractivity contribution in [3.05, 3.63) is 101 Å². The van der Waals surface area contributed by atoms with Crippen LogP contribution in [0.25, 0.3) is 0 Å². The molecular formula is C30H32ClFN2O. The van der Waals surface area contributed by atoms with Crippen molar-refractivity contribution in [3.8, 4) is 0 Å². The number of carbonyl (C=O) groups excluding carboxylic acids is 1. The summed E-state index contributed by atoms with van der Waals surface area (Å²) in [4.78, 5) is 18.2. The van der Waals surface area contributed by atoms with Gasteiger partial charge in [-0.15, -0.1) is 0 Å². The Labute approximate surface area is 212 Å². The Morgan fingerprint density at radius 3 is 2.20 bits per heavy atom. The Bertz CT molecular complexity index is 1130. The van der Waals surface area contributed by atoms with Crippen molar-refractivity contribution in [3.63, 3.8) is 0 Å². The van der Waals surface area contributed by atoms with Gasteiger partial charge in [0.05, 0.1) is 10.6 Å². The smallest absolute Gasteiger partial charge is 0.260 e. The highest BCUT2D eigenvalue weighted by atomic mass is 35.5. The van der Waals surface area contributed by atoms with Crippen LogP contribution in [0.4, 0.5) is 10.1 Å². The maximum atomic E-state index is 13.7. The summed E-state index contributed by atoms with van der Waals surface area (Å²) in [5, 5.41) is 0.440. The van der Waals surface area contributed by atoms with Crippen LogP contribution < -0.4 is 4.90 Å². The summed E-state index contributed by atoms with van der Waals surface area (Å²) in [6, 6.07) is 24.9. The van der Waals surface area contributed by atoms with Gasteiger partial charge in [-0.3, -0.25) is 9.69 Å². The number of carbonyl (C=O) groups is 1. The molecule has 2 atom stereocenters. The Morgan fingerprint density at radius 1 is 0.829 bits per heavy atom. The molecule has 0 unspecified atom stereocenters. The Morgan fingerprint density at radius 2 is 1.49 bits per heavy atom. The maximum absolute atomic E-state index is 13.7. The summed E-state index contributed by atoms with van der Waals surface area (Å²) in [7, 11) is 0. The molecule has 5 rings (SSSR count). The van der Waals surface area contributed by atoms with Gasteiger partial charge in [0, 0.05) is 30.9 Å². The summed E-state index contributed by atoms with van der Waals surface area (Å²) in [5.41, 5.74) is 2.65. The third kappa shape index (κ3) is 5.29.